The van der Waals surface area contributed by atoms with E-state index in [0.717, 1.165) is 26.1 Å². The molecule has 104 valence electrons. The molecule has 2 rings (SSSR count). The lowest BCUT2D eigenvalue weighted by Crippen LogP contribution is -2.51. The van der Waals surface area contributed by atoms with Gasteiger partial charge in [0.1, 0.15) is 0 Å². The molecule has 5 nitrogen and oxygen atoms in total. The molecule has 2 fully saturated rings. The van der Waals surface area contributed by atoms with Gasteiger partial charge >= 0.3 is 6.03 Å². The van der Waals surface area contributed by atoms with E-state index in [1.807, 2.05) is 4.90 Å². The molecule has 2 atom stereocenters. The number of urea groups is 1. The van der Waals surface area contributed by atoms with Crippen molar-refractivity contribution >= 4 is 6.03 Å². The van der Waals surface area contributed by atoms with Gasteiger partial charge in [-0.05, 0) is 39.7 Å². The largest absolute Gasteiger partial charge is 0.379 e. The molecule has 2 aliphatic heterocycles. The van der Waals surface area contributed by atoms with Crippen LogP contribution in [0.2, 0.25) is 0 Å². The van der Waals surface area contributed by atoms with Gasteiger partial charge in [0.2, 0.25) is 0 Å². The minimum atomic E-state index is 0.0502. The van der Waals surface area contributed by atoms with E-state index < -0.39 is 0 Å². The van der Waals surface area contributed by atoms with E-state index in [0.29, 0.717) is 12.6 Å². The maximum Gasteiger partial charge on any atom is 0.317 e. The first-order valence-electron chi connectivity index (χ1n) is 7.05. The number of carbonyl (C=O) groups excluding carboxylic acids is 1. The van der Waals surface area contributed by atoms with Gasteiger partial charge in [0.25, 0.3) is 0 Å². The Hall–Kier alpha value is -0.810. The molecule has 0 saturated carbocycles. The first-order valence-corrected chi connectivity index (χ1v) is 7.05. The second kappa shape index (κ2) is 6.38. The quantitative estimate of drug-likeness (QED) is 0.786. The van der Waals surface area contributed by atoms with Crippen molar-refractivity contribution < 1.29 is 9.53 Å². The Morgan fingerprint density at radius 2 is 2.33 bits per heavy atom. The summed E-state index contributed by atoms with van der Waals surface area (Å²) in [6.07, 6.45) is 3.32. The molecule has 0 radical (unpaired) electrons. The summed E-state index contributed by atoms with van der Waals surface area (Å²) in [5.74, 6) is 0. The summed E-state index contributed by atoms with van der Waals surface area (Å²) in [5.41, 5.74) is 0. The van der Waals surface area contributed by atoms with Gasteiger partial charge in [-0.3, -0.25) is 0 Å². The van der Waals surface area contributed by atoms with Crippen LogP contribution in [-0.4, -0.2) is 55.4 Å². The Balaban J connectivity index is 1.84. The molecule has 2 aliphatic rings. The topological polar surface area (TPSA) is 53.6 Å². The van der Waals surface area contributed by atoms with E-state index in [1.165, 1.54) is 12.8 Å². The Morgan fingerprint density at radius 1 is 1.50 bits per heavy atom. The minimum Gasteiger partial charge on any atom is -0.379 e. The predicted octanol–water partition coefficient (Wildman–Crippen LogP) is 0.947. The standard InChI is InChI=1S/C13H25N3O2/c1-10(2)16(8-11-4-3-6-14-11)13(17)15-12-5-7-18-9-12/h10-12,14H,3-9H2,1-2H3,(H,15,17). The molecule has 0 aromatic rings. The zero-order valence-corrected chi connectivity index (χ0v) is 11.4. The number of nitrogens with one attached hydrogen (secondary N) is 2. The van der Waals surface area contributed by atoms with Gasteiger partial charge < -0.3 is 20.3 Å². The van der Waals surface area contributed by atoms with E-state index in [4.69, 9.17) is 4.74 Å². The smallest absolute Gasteiger partial charge is 0.317 e. The van der Waals surface area contributed by atoms with Gasteiger partial charge in [0.15, 0.2) is 0 Å². The molecule has 0 aliphatic carbocycles. The first kappa shape index (κ1) is 13.6. The lowest BCUT2D eigenvalue weighted by Gasteiger charge is -2.30. The van der Waals surface area contributed by atoms with Crippen molar-refractivity contribution in [1.29, 1.82) is 0 Å². The number of nitrogens with zero attached hydrogens (tertiary/aromatic N) is 1. The number of carbonyl (C=O) groups is 1. The molecule has 18 heavy (non-hydrogen) atoms. The highest BCUT2D eigenvalue weighted by Crippen LogP contribution is 2.11. The average Bonchev–Trinajstić information content (AvgIpc) is 2.97. The van der Waals surface area contributed by atoms with Crippen LogP contribution in [0.1, 0.15) is 33.1 Å². The van der Waals surface area contributed by atoms with Crippen LogP contribution in [0.5, 0.6) is 0 Å². The van der Waals surface area contributed by atoms with Crippen molar-refractivity contribution in [2.75, 3.05) is 26.3 Å². The maximum absolute atomic E-state index is 12.3. The molecule has 0 bridgehead atoms. The normalized spacial score (nSPS) is 27.7. The highest BCUT2D eigenvalue weighted by Gasteiger charge is 2.26. The summed E-state index contributed by atoms with van der Waals surface area (Å²) in [4.78, 5) is 14.2. The number of amides is 2. The zero-order chi connectivity index (χ0) is 13.0. The fraction of sp³-hybridized carbons (Fsp3) is 0.923. The zero-order valence-electron chi connectivity index (χ0n) is 11.4. The highest BCUT2D eigenvalue weighted by molar-refractivity contribution is 5.75. The molecule has 0 spiro atoms. The molecule has 5 heteroatoms. The van der Waals surface area contributed by atoms with Gasteiger partial charge in [0.05, 0.1) is 12.6 Å². The van der Waals surface area contributed by atoms with Crippen LogP contribution in [0.3, 0.4) is 0 Å². The molecule has 0 aromatic carbocycles. The van der Waals surface area contributed by atoms with Crippen molar-refractivity contribution in [2.24, 2.45) is 0 Å². The van der Waals surface area contributed by atoms with Crippen LogP contribution in [0.15, 0.2) is 0 Å². The number of ether oxygens (including phenoxy) is 1. The average molecular weight is 255 g/mol. The SMILES string of the molecule is CC(C)N(CC1CCCN1)C(=O)NC1CCOC1. The van der Waals surface area contributed by atoms with Crippen molar-refractivity contribution in [3.05, 3.63) is 0 Å². The maximum atomic E-state index is 12.3. The Bertz CT molecular complexity index is 271. The molecule has 2 amide bonds. The van der Waals surface area contributed by atoms with Crippen LogP contribution in [0, 0.1) is 0 Å². The van der Waals surface area contributed by atoms with Gasteiger partial charge in [-0.25, -0.2) is 4.79 Å². The van der Waals surface area contributed by atoms with Crippen LogP contribution < -0.4 is 10.6 Å². The second-order valence-corrected chi connectivity index (χ2v) is 5.55. The van der Waals surface area contributed by atoms with Gasteiger partial charge in [-0.15, -0.1) is 0 Å². The summed E-state index contributed by atoms with van der Waals surface area (Å²) in [6, 6.07) is 0.928. The van der Waals surface area contributed by atoms with E-state index >= 15 is 0 Å². The molecule has 2 heterocycles. The van der Waals surface area contributed by atoms with Crippen LogP contribution >= 0.6 is 0 Å². The van der Waals surface area contributed by atoms with Crippen molar-refractivity contribution in [3.8, 4) is 0 Å². The fourth-order valence-corrected chi connectivity index (χ4v) is 2.58. The summed E-state index contributed by atoms with van der Waals surface area (Å²) in [5, 5.41) is 6.51. The van der Waals surface area contributed by atoms with Gasteiger partial charge in [-0.1, -0.05) is 0 Å². The highest BCUT2D eigenvalue weighted by atomic mass is 16.5. The van der Waals surface area contributed by atoms with E-state index in [9.17, 15) is 4.79 Å². The summed E-state index contributed by atoms with van der Waals surface area (Å²) < 4.78 is 5.29. The number of rotatable bonds is 4. The van der Waals surface area contributed by atoms with Gasteiger partial charge in [-0.2, -0.15) is 0 Å². The summed E-state index contributed by atoms with van der Waals surface area (Å²) in [7, 11) is 0. The Kier molecular flexibility index (Phi) is 4.83. The van der Waals surface area contributed by atoms with Crippen molar-refractivity contribution in [1.82, 2.24) is 15.5 Å². The van der Waals surface area contributed by atoms with Crippen LogP contribution in [0.25, 0.3) is 0 Å². The third kappa shape index (κ3) is 3.59. The molecule has 2 saturated heterocycles. The monoisotopic (exact) mass is 255 g/mol. The molecule has 2 unspecified atom stereocenters. The molecule has 0 aromatic heterocycles. The third-order valence-electron chi connectivity index (χ3n) is 3.72. The molecule has 2 N–H and O–H groups in total. The number of hydrogen-bond donors (Lipinski definition) is 2. The Labute approximate surface area is 109 Å². The van der Waals surface area contributed by atoms with E-state index in [2.05, 4.69) is 24.5 Å². The lowest BCUT2D eigenvalue weighted by molar-refractivity contribution is 0.165. The minimum absolute atomic E-state index is 0.0502. The molecular formula is C13H25N3O2. The van der Waals surface area contributed by atoms with Crippen LogP contribution in [-0.2, 0) is 4.74 Å². The number of hydrogen-bond acceptors (Lipinski definition) is 3. The summed E-state index contributed by atoms with van der Waals surface area (Å²) >= 11 is 0. The lowest BCUT2D eigenvalue weighted by atomic mass is 10.2. The van der Waals surface area contributed by atoms with E-state index in [-0.39, 0.29) is 18.1 Å². The van der Waals surface area contributed by atoms with E-state index in [1.54, 1.807) is 0 Å². The molecular weight excluding hydrogens is 230 g/mol. The second-order valence-electron chi connectivity index (χ2n) is 5.55. The Morgan fingerprint density at radius 3 is 2.89 bits per heavy atom. The van der Waals surface area contributed by atoms with Crippen molar-refractivity contribution in [2.45, 2.75) is 51.2 Å². The van der Waals surface area contributed by atoms with Crippen molar-refractivity contribution in [3.63, 3.8) is 0 Å². The predicted molar refractivity (Wildman–Crippen MR) is 70.6 cm³/mol. The third-order valence-corrected chi connectivity index (χ3v) is 3.72. The first-order chi connectivity index (χ1) is 8.66. The van der Waals surface area contributed by atoms with Gasteiger partial charge in [0, 0.05) is 25.2 Å². The fourth-order valence-electron chi connectivity index (χ4n) is 2.58. The van der Waals surface area contributed by atoms with Crippen LogP contribution in [0.4, 0.5) is 4.79 Å². The summed E-state index contributed by atoms with van der Waals surface area (Å²) in [6.45, 7) is 7.43.